The second-order valence-electron chi connectivity index (χ2n) is 14.2. The lowest BCUT2D eigenvalue weighted by Crippen LogP contribution is -2.55. The number of amides is 4. The van der Waals surface area contributed by atoms with E-state index in [9.17, 15) is 37.1 Å². The fraction of sp³-hybridized carbons (Fsp3) is 0.378. The molecule has 10 nitrogen and oxygen atoms in total. The predicted molar refractivity (Wildman–Crippen MR) is 184 cm³/mol. The zero-order valence-electron chi connectivity index (χ0n) is 27.6. The maximum absolute atomic E-state index is 13.4. The number of rotatable bonds is 5. The number of pyridine rings is 1. The standard InChI is InChI=1S/C37H34F3N5O5S/c1-43-19-27(20-3-2-4-22(13-20)37(38,39)40)31-26(34(43)49)15-29(51-31)33(48)41-23-16-36(17-23)9-11-44(12-10-36)24-6-5-21-18-45(35(50)25(21)14-24)28-7-8-30(46)42-32(28)47/h2-6,13-15,19,23,28H,7-12,16-18H2,1H3,(H,41,48)(H,42,46,47). The first-order valence-corrected chi connectivity index (χ1v) is 17.7. The molecule has 1 aliphatic carbocycles. The van der Waals surface area contributed by atoms with Crippen molar-refractivity contribution < 1.29 is 32.3 Å². The zero-order chi connectivity index (χ0) is 35.8. The summed E-state index contributed by atoms with van der Waals surface area (Å²) in [5, 5.41) is 5.74. The van der Waals surface area contributed by atoms with E-state index in [0.29, 0.717) is 39.2 Å². The lowest BCUT2D eigenvalue weighted by molar-refractivity contribution is -0.138. The summed E-state index contributed by atoms with van der Waals surface area (Å²) in [6.07, 6.45) is 1.01. The van der Waals surface area contributed by atoms with E-state index in [0.717, 1.165) is 73.5 Å². The molecule has 5 heterocycles. The summed E-state index contributed by atoms with van der Waals surface area (Å²) >= 11 is 1.11. The Labute approximate surface area is 294 Å². The van der Waals surface area contributed by atoms with Crippen LogP contribution in [0.1, 0.15) is 69.7 Å². The molecule has 1 atom stereocenters. The van der Waals surface area contributed by atoms with E-state index in [1.165, 1.54) is 29.9 Å². The Hall–Kier alpha value is -4.98. The van der Waals surface area contributed by atoms with Gasteiger partial charge in [0.05, 0.1) is 15.8 Å². The third-order valence-corrected chi connectivity index (χ3v) is 12.1. The number of benzene rings is 2. The number of carbonyl (C=O) groups excluding carboxylic acids is 4. The van der Waals surface area contributed by atoms with Crippen molar-refractivity contribution in [3.8, 4) is 11.1 Å². The van der Waals surface area contributed by atoms with Gasteiger partial charge in [0.2, 0.25) is 11.8 Å². The highest BCUT2D eigenvalue weighted by Crippen LogP contribution is 2.50. The minimum Gasteiger partial charge on any atom is -0.371 e. The molecule has 3 aliphatic heterocycles. The molecule has 2 N–H and O–H groups in total. The van der Waals surface area contributed by atoms with Crippen LogP contribution in [0.5, 0.6) is 0 Å². The van der Waals surface area contributed by atoms with Crippen LogP contribution in [-0.4, -0.2) is 58.3 Å². The molecule has 8 rings (SSSR count). The van der Waals surface area contributed by atoms with E-state index in [1.807, 2.05) is 18.2 Å². The number of aryl methyl sites for hydroxylation is 1. The van der Waals surface area contributed by atoms with E-state index in [-0.39, 0.29) is 46.5 Å². The molecule has 1 unspecified atom stereocenters. The van der Waals surface area contributed by atoms with Crippen LogP contribution in [-0.2, 0) is 29.4 Å². The van der Waals surface area contributed by atoms with Crippen LogP contribution in [0.15, 0.2) is 59.5 Å². The van der Waals surface area contributed by atoms with Gasteiger partial charge in [0.15, 0.2) is 0 Å². The number of piperidine rings is 2. The van der Waals surface area contributed by atoms with Crippen molar-refractivity contribution in [3.63, 3.8) is 0 Å². The van der Waals surface area contributed by atoms with Gasteiger partial charge in [-0.1, -0.05) is 18.2 Å². The molecule has 4 amide bonds. The molecule has 1 spiro atoms. The van der Waals surface area contributed by atoms with Crippen molar-refractivity contribution in [2.45, 2.75) is 63.3 Å². The molecule has 14 heteroatoms. The van der Waals surface area contributed by atoms with Gasteiger partial charge in [-0.2, -0.15) is 13.2 Å². The Morgan fingerprint density at radius 3 is 2.49 bits per heavy atom. The van der Waals surface area contributed by atoms with Crippen molar-refractivity contribution in [1.82, 2.24) is 20.1 Å². The summed E-state index contributed by atoms with van der Waals surface area (Å²) in [7, 11) is 1.54. The van der Waals surface area contributed by atoms with E-state index in [1.54, 1.807) is 11.0 Å². The van der Waals surface area contributed by atoms with Crippen molar-refractivity contribution in [3.05, 3.63) is 86.6 Å². The normalized spacial score (nSPS) is 20.5. The molecule has 2 aromatic carbocycles. The zero-order valence-corrected chi connectivity index (χ0v) is 28.5. The summed E-state index contributed by atoms with van der Waals surface area (Å²) in [6.45, 7) is 1.93. The van der Waals surface area contributed by atoms with Gasteiger partial charge in [0.25, 0.3) is 17.4 Å². The number of hydrogen-bond acceptors (Lipinski definition) is 7. The topological polar surface area (TPSA) is 121 Å². The van der Waals surface area contributed by atoms with Crippen molar-refractivity contribution in [2.75, 3.05) is 18.0 Å². The average molecular weight is 718 g/mol. The minimum absolute atomic E-state index is 0.0316. The van der Waals surface area contributed by atoms with Crippen molar-refractivity contribution in [1.29, 1.82) is 0 Å². The van der Waals surface area contributed by atoms with Gasteiger partial charge < -0.3 is 19.7 Å². The number of thiophene rings is 1. The Morgan fingerprint density at radius 2 is 1.76 bits per heavy atom. The van der Waals surface area contributed by atoms with Gasteiger partial charge >= 0.3 is 6.18 Å². The third-order valence-electron chi connectivity index (χ3n) is 11.0. The van der Waals surface area contributed by atoms with E-state index in [2.05, 4.69) is 15.5 Å². The fourth-order valence-electron chi connectivity index (χ4n) is 8.16. The van der Waals surface area contributed by atoms with E-state index >= 15 is 0 Å². The van der Waals surface area contributed by atoms with E-state index < -0.39 is 23.7 Å². The second kappa shape index (κ2) is 12.1. The fourth-order valence-corrected chi connectivity index (χ4v) is 9.25. The van der Waals surface area contributed by atoms with Crippen molar-refractivity contribution >= 4 is 50.7 Å². The molecular weight excluding hydrogens is 683 g/mol. The highest BCUT2D eigenvalue weighted by molar-refractivity contribution is 7.21. The highest BCUT2D eigenvalue weighted by Gasteiger charge is 2.47. The van der Waals surface area contributed by atoms with Gasteiger partial charge in [-0.25, -0.2) is 0 Å². The largest absolute Gasteiger partial charge is 0.416 e. The molecule has 2 saturated heterocycles. The number of alkyl halides is 3. The lowest BCUT2D eigenvalue weighted by Gasteiger charge is -2.52. The van der Waals surface area contributed by atoms with Crippen LogP contribution >= 0.6 is 11.3 Å². The molecule has 3 fully saturated rings. The number of nitrogens with one attached hydrogen (secondary N) is 2. The first-order valence-electron chi connectivity index (χ1n) is 16.9. The number of halogens is 3. The Balaban J connectivity index is 0.903. The van der Waals surface area contributed by atoms with Crippen LogP contribution in [0.3, 0.4) is 0 Å². The molecule has 0 radical (unpaired) electrons. The Morgan fingerprint density at radius 1 is 1.00 bits per heavy atom. The van der Waals surface area contributed by atoms with Crippen LogP contribution < -0.4 is 21.1 Å². The molecule has 264 valence electrons. The summed E-state index contributed by atoms with van der Waals surface area (Å²) in [6, 6.07) is 11.7. The van der Waals surface area contributed by atoms with Gasteiger partial charge in [0.1, 0.15) is 6.04 Å². The molecule has 2 aromatic heterocycles. The highest BCUT2D eigenvalue weighted by atomic mass is 32.1. The Kier molecular flexibility index (Phi) is 7.85. The summed E-state index contributed by atoms with van der Waals surface area (Å²) < 4.78 is 42.1. The minimum atomic E-state index is -4.52. The predicted octanol–water partition coefficient (Wildman–Crippen LogP) is 5.23. The molecule has 0 bridgehead atoms. The first-order chi connectivity index (χ1) is 24.3. The monoisotopic (exact) mass is 717 g/mol. The first kappa shape index (κ1) is 33.2. The maximum atomic E-state index is 13.4. The number of imide groups is 1. The van der Waals surface area contributed by atoms with Crippen LogP contribution in [0.2, 0.25) is 0 Å². The SMILES string of the molecule is Cn1cc(-c2cccc(C(F)(F)F)c2)c2sc(C(=O)NC3CC4(CCN(c5ccc6c(c5)C(=O)N(C5CCC(=O)NC5=O)C6)CC4)C3)cc2c1=O. The molecule has 1 saturated carbocycles. The van der Waals surface area contributed by atoms with Crippen LogP contribution in [0, 0.1) is 5.41 Å². The third kappa shape index (κ3) is 5.88. The second-order valence-corrected chi connectivity index (χ2v) is 15.3. The lowest BCUT2D eigenvalue weighted by atomic mass is 9.60. The quantitative estimate of drug-likeness (QED) is 0.273. The van der Waals surface area contributed by atoms with Gasteiger partial charge in [0, 0.05) is 66.9 Å². The molecule has 51 heavy (non-hydrogen) atoms. The smallest absolute Gasteiger partial charge is 0.371 e. The number of carbonyl (C=O) groups is 4. The average Bonchev–Trinajstić information content (AvgIpc) is 3.68. The van der Waals surface area contributed by atoms with Crippen LogP contribution in [0.4, 0.5) is 18.9 Å². The molecular formula is C37H34F3N5O5S. The summed E-state index contributed by atoms with van der Waals surface area (Å²) in [5.74, 6) is -1.25. The number of hydrogen-bond donors (Lipinski definition) is 2. The molecule has 4 aromatic rings. The van der Waals surface area contributed by atoms with Crippen molar-refractivity contribution in [2.24, 2.45) is 12.5 Å². The Bertz CT molecular complexity index is 2190. The van der Waals surface area contributed by atoms with Gasteiger partial charge in [-0.05, 0) is 79.0 Å². The van der Waals surface area contributed by atoms with Crippen LogP contribution in [0.25, 0.3) is 21.2 Å². The summed E-state index contributed by atoms with van der Waals surface area (Å²) in [5.41, 5.74) is 2.15. The molecule has 4 aliphatic rings. The van der Waals surface area contributed by atoms with Gasteiger partial charge in [-0.15, -0.1) is 11.3 Å². The number of nitrogens with zero attached hydrogens (tertiary/aromatic N) is 3. The summed E-state index contributed by atoms with van der Waals surface area (Å²) in [4.78, 5) is 67.8. The maximum Gasteiger partial charge on any atom is 0.416 e. The number of anilines is 1. The number of aromatic nitrogens is 1. The number of fused-ring (bicyclic) bond motifs is 2. The van der Waals surface area contributed by atoms with Gasteiger partial charge in [-0.3, -0.25) is 29.3 Å². The van der Waals surface area contributed by atoms with E-state index in [4.69, 9.17) is 0 Å².